The van der Waals surface area contributed by atoms with Crippen LogP contribution in [0.4, 0.5) is 0 Å². The standard InChI is InChI=1S/C16H22N2OS/c1-2-18(13-7-5-9-17-11-13)16(19)15-10-12-6-3-4-8-14(12)20-15/h3-4,6,8,13,15,17H,2,5,7,9-11H2,1H3. The summed E-state index contributed by atoms with van der Waals surface area (Å²) in [5.41, 5.74) is 1.33. The molecule has 2 unspecified atom stereocenters. The van der Waals surface area contributed by atoms with Gasteiger partial charge in [0.15, 0.2) is 0 Å². The molecule has 1 aromatic carbocycles. The molecule has 0 saturated carbocycles. The van der Waals surface area contributed by atoms with Gasteiger partial charge in [-0.25, -0.2) is 0 Å². The highest BCUT2D eigenvalue weighted by Gasteiger charge is 2.33. The van der Waals surface area contributed by atoms with E-state index in [0.717, 1.165) is 32.5 Å². The number of hydrogen-bond acceptors (Lipinski definition) is 3. The number of nitrogens with one attached hydrogen (secondary N) is 1. The second kappa shape index (κ2) is 6.19. The van der Waals surface area contributed by atoms with Gasteiger partial charge in [-0.1, -0.05) is 18.2 Å². The number of amides is 1. The minimum atomic E-state index is 0.0780. The van der Waals surface area contributed by atoms with E-state index < -0.39 is 0 Å². The lowest BCUT2D eigenvalue weighted by Crippen LogP contribution is -2.51. The van der Waals surface area contributed by atoms with Gasteiger partial charge in [0.25, 0.3) is 0 Å². The second-order valence-corrected chi connectivity index (χ2v) is 6.79. The quantitative estimate of drug-likeness (QED) is 0.927. The van der Waals surface area contributed by atoms with Crippen LogP contribution in [0.1, 0.15) is 25.3 Å². The van der Waals surface area contributed by atoms with E-state index in [4.69, 9.17) is 0 Å². The summed E-state index contributed by atoms with van der Waals surface area (Å²) in [6.07, 6.45) is 3.19. The van der Waals surface area contributed by atoms with Gasteiger partial charge in [-0.15, -0.1) is 11.8 Å². The number of rotatable bonds is 3. The summed E-state index contributed by atoms with van der Waals surface area (Å²) in [7, 11) is 0. The zero-order valence-electron chi connectivity index (χ0n) is 12.0. The number of carbonyl (C=O) groups excluding carboxylic acids is 1. The second-order valence-electron chi connectivity index (χ2n) is 5.54. The number of fused-ring (bicyclic) bond motifs is 1. The Bertz CT molecular complexity index is 460. The lowest BCUT2D eigenvalue weighted by Gasteiger charge is -2.35. The fraction of sp³-hybridized carbons (Fsp3) is 0.562. The molecule has 3 rings (SSSR count). The van der Waals surface area contributed by atoms with Crippen molar-refractivity contribution in [2.45, 2.75) is 42.4 Å². The van der Waals surface area contributed by atoms with E-state index in [0.29, 0.717) is 11.9 Å². The third-order valence-electron chi connectivity index (χ3n) is 4.26. The maximum Gasteiger partial charge on any atom is 0.236 e. The molecule has 108 valence electrons. The van der Waals surface area contributed by atoms with E-state index in [1.807, 2.05) is 0 Å². The Hall–Kier alpha value is -1.00. The van der Waals surface area contributed by atoms with Crippen molar-refractivity contribution in [2.75, 3.05) is 19.6 Å². The van der Waals surface area contributed by atoms with E-state index >= 15 is 0 Å². The molecular weight excluding hydrogens is 268 g/mol. The van der Waals surface area contributed by atoms with Gasteiger partial charge in [0.1, 0.15) is 0 Å². The molecule has 1 aromatic rings. The highest BCUT2D eigenvalue weighted by molar-refractivity contribution is 8.01. The smallest absolute Gasteiger partial charge is 0.236 e. The Balaban J connectivity index is 1.69. The van der Waals surface area contributed by atoms with Crippen molar-refractivity contribution >= 4 is 17.7 Å². The van der Waals surface area contributed by atoms with Crippen molar-refractivity contribution in [3.63, 3.8) is 0 Å². The Morgan fingerprint density at radius 3 is 3.00 bits per heavy atom. The summed E-state index contributed by atoms with van der Waals surface area (Å²) in [5.74, 6) is 0.322. The third kappa shape index (κ3) is 2.72. The Morgan fingerprint density at radius 1 is 1.45 bits per heavy atom. The number of benzene rings is 1. The van der Waals surface area contributed by atoms with Gasteiger partial charge >= 0.3 is 0 Å². The van der Waals surface area contributed by atoms with Crippen molar-refractivity contribution < 1.29 is 4.79 Å². The summed E-state index contributed by atoms with van der Waals surface area (Å²) in [6, 6.07) is 8.78. The summed E-state index contributed by atoms with van der Waals surface area (Å²) < 4.78 is 0. The van der Waals surface area contributed by atoms with Crippen molar-refractivity contribution in [1.82, 2.24) is 10.2 Å². The minimum absolute atomic E-state index is 0.0780. The first kappa shape index (κ1) is 14.0. The van der Waals surface area contributed by atoms with Gasteiger partial charge in [0.05, 0.1) is 5.25 Å². The summed E-state index contributed by atoms with van der Waals surface area (Å²) >= 11 is 1.74. The highest BCUT2D eigenvalue weighted by Crippen LogP contribution is 2.37. The fourth-order valence-electron chi connectivity index (χ4n) is 3.20. The van der Waals surface area contributed by atoms with Crippen LogP contribution >= 0.6 is 11.8 Å². The van der Waals surface area contributed by atoms with Crippen LogP contribution in [0.5, 0.6) is 0 Å². The Morgan fingerprint density at radius 2 is 2.30 bits per heavy atom. The molecule has 0 radical (unpaired) electrons. The molecule has 20 heavy (non-hydrogen) atoms. The number of thioether (sulfide) groups is 1. The molecule has 2 aliphatic heterocycles. The number of carbonyl (C=O) groups is 1. The van der Waals surface area contributed by atoms with Crippen LogP contribution in [0.15, 0.2) is 29.2 Å². The predicted octanol–water partition coefficient (Wildman–Crippen LogP) is 2.30. The van der Waals surface area contributed by atoms with Crippen LogP contribution in [0, 0.1) is 0 Å². The molecule has 0 aromatic heterocycles. The van der Waals surface area contributed by atoms with Gasteiger partial charge in [0, 0.05) is 24.0 Å². The number of likely N-dealkylation sites (N-methyl/N-ethyl adjacent to an activating group) is 1. The van der Waals surface area contributed by atoms with Crippen LogP contribution in [-0.2, 0) is 11.2 Å². The number of piperidine rings is 1. The average molecular weight is 290 g/mol. The molecule has 2 heterocycles. The third-order valence-corrected chi connectivity index (χ3v) is 5.56. The molecule has 0 aliphatic carbocycles. The number of hydrogen-bond donors (Lipinski definition) is 1. The van der Waals surface area contributed by atoms with E-state index in [2.05, 4.69) is 41.4 Å². The first-order valence-electron chi connectivity index (χ1n) is 7.55. The topological polar surface area (TPSA) is 32.3 Å². The summed E-state index contributed by atoms with van der Waals surface area (Å²) in [5, 5.41) is 3.49. The zero-order valence-corrected chi connectivity index (χ0v) is 12.8. The van der Waals surface area contributed by atoms with Gasteiger partial charge in [0.2, 0.25) is 5.91 Å². The molecule has 0 bridgehead atoms. The summed E-state index contributed by atoms with van der Waals surface area (Å²) in [6.45, 7) is 4.95. The number of nitrogens with zero attached hydrogens (tertiary/aromatic N) is 1. The van der Waals surface area contributed by atoms with Gasteiger partial charge in [-0.3, -0.25) is 4.79 Å². The molecule has 1 N–H and O–H groups in total. The van der Waals surface area contributed by atoms with Crippen molar-refractivity contribution in [3.8, 4) is 0 Å². The molecule has 4 heteroatoms. The van der Waals surface area contributed by atoms with Crippen LogP contribution in [0.3, 0.4) is 0 Å². The van der Waals surface area contributed by atoms with Crippen LogP contribution in [-0.4, -0.2) is 41.7 Å². The first-order chi connectivity index (χ1) is 9.79. The van der Waals surface area contributed by atoms with Gasteiger partial charge < -0.3 is 10.2 Å². The van der Waals surface area contributed by atoms with Crippen LogP contribution < -0.4 is 5.32 Å². The molecule has 3 nitrogen and oxygen atoms in total. The van der Waals surface area contributed by atoms with Crippen LogP contribution in [0.25, 0.3) is 0 Å². The molecule has 1 fully saturated rings. The average Bonchev–Trinajstić information content (AvgIpc) is 2.93. The molecular formula is C16H22N2OS. The molecule has 2 aliphatic rings. The first-order valence-corrected chi connectivity index (χ1v) is 8.43. The van der Waals surface area contributed by atoms with Crippen LogP contribution in [0.2, 0.25) is 0 Å². The summed E-state index contributed by atoms with van der Waals surface area (Å²) in [4.78, 5) is 16.2. The highest BCUT2D eigenvalue weighted by atomic mass is 32.2. The lowest BCUT2D eigenvalue weighted by molar-refractivity contribution is -0.133. The van der Waals surface area contributed by atoms with Crippen molar-refractivity contribution in [3.05, 3.63) is 29.8 Å². The molecule has 1 saturated heterocycles. The normalized spacial score (nSPS) is 25.2. The zero-order chi connectivity index (χ0) is 13.9. The fourth-order valence-corrected chi connectivity index (χ4v) is 4.46. The molecule has 2 atom stereocenters. The minimum Gasteiger partial charge on any atom is -0.338 e. The van der Waals surface area contributed by atoms with Crippen molar-refractivity contribution in [1.29, 1.82) is 0 Å². The monoisotopic (exact) mass is 290 g/mol. The van der Waals surface area contributed by atoms with E-state index in [1.165, 1.54) is 16.9 Å². The van der Waals surface area contributed by atoms with Gasteiger partial charge in [-0.05, 0) is 44.4 Å². The molecule has 0 spiro atoms. The Labute approximate surface area is 125 Å². The SMILES string of the molecule is CCN(C(=O)C1Cc2ccccc2S1)C1CCCNC1. The maximum absolute atomic E-state index is 12.8. The Kier molecular flexibility index (Phi) is 4.32. The largest absolute Gasteiger partial charge is 0.338 e. The van der Waals surface area contributed by atoms with E-state index in [9.17, 15) is 4.79 Å². The van der Waals surface area contributed by atoms with E-state index in [-0.39, 0.29) is 5.25 Å². The van der Waals surface area contributed by atoms with E-state index in [1.54, 1.807) is 11.8 Å². The maximum atomic E-state index is 12.8. The predicted molar refractivity (Wildman–Crippen MR) is 83.1 cm³/mol. The lowest BCUT2D eigenvalue weighted by atomic mass is 10.0. The van der Waals surface area contributed by atoms with Crippen molar-refractivity contribution in [2.24, 2.45) is 0 Å². The molecule has 1 amide bonds. The van der Waals surface area contributed by atoms with Gasteiger partial charge in [-0.2, -0.15) is 0 Å².